The third-order valence-electron chi connectivity index (χ3n) is 4.09. The minimum atomic E-state index is 0.122. The summed E-state index contributed by atoms with van der Waals surface area (Å²) in [6, 6.07) is 2.35. The first-order valence-electron chi connectivity index (χ1n) is 7.79. The van der Waals surface area contributed by atoms with Crippen LogP contribution in [0, 0.1) is 0 Å². The molecule has 20 heavy (non-hydrogen) atoms. The van der Waals surface area contributed by atoms with E-state index in [9.17, 15) is 4.79 Å². The van der Waals surface area contributed by atoms with Crippen LogP contribution in [0.1, 0.15) is 55.7 Å². The van der Waals surface area contributed by atoms with E-state index < -0.39 is 0 Å². The van der Waals surface area contributed by atoms with Crippen molar-refractivity contribution in [2.24, 2.45) is 5.73 Å². The third-order valence-corrected chi connectivity index (χ3v) is 4.09. The summed E-state index contributed by atoms with van der Waals surface area (Å²) in [4.78, 5) is 14.8. The van der Waals surface area contributed by atoms with Crippen LogP contribution < -0.4 is 5.73 Å². The predicted molar refractivity (Wildman–Crippen MR) is 79.6 cm³/mol. The Balaban J connectivity index is 2.19. The molecule has 112 valence electrons. The predicted octanol–water partition coefficient (Wildman–Crippen LogP) is 1.81. The van der Waals surface area contributed by atoms with E-state index in [-0.39, 0.29) is 5.91 Å². The van der Waals surface area contributed by atoms with Crippen LogP contribution in [0.5, 0.6) is 0 Å². The Bertz CT molecular complexity index is 451. The maximum atomic E-state index is 12.8. The molecule has 5 heteroatoms. The monoisotopic (exact) mass is 278 g/mol. The number of carbonyl (C=O) groups excluding carboxylic acids is 1. The molecule has 1 fully saturated rings. The molecule has 0 unspecified atom stereocenters. The molecule has 1 heterocycles. The van der Waals surface area contributed by atoms with Gasteiger partial charge in [0.05, 0.1) is 5.69 Å². The zero-order chi connectivity index (χ0) is 14.5. The van der Waals surface area contributed by atoms with Crippen molar-refractivity contribution in [1.82, 2.24) is 14.7 Å². The number of hydrogen-bond acceptors (Lipinski definition) is 3. The quantitative estimate of drug-likeness (QED) is 0.827. The first kappa shape index (κ1) is 15.0. The van der Waals surface area contributed by atoms with E-state index in [2.05, 4.69) is 12.0 Å². The molecule has 1 aromatic rings. The lowest BCUT2D eigenvalue weighted by atomic mass is 9.91. The van der Waals surface area contributed by atoms with Gasteiger partial charge in [0.25, 0.3) is 5.91 Å². The molecular weight excluding hydrogens is 252 g/mol. The molecule has 0 radical (unpaired) electrons. The van der Waals surface area contributed by atoms with Gasteiger partial charge in [-0.15, -0.1) is 0 Å². The fraction of sp³-hybridized carbons (Fsp3) is 0.733. The van der Waals surface area contributed by atoms with Gasteiger partial charge in [-0.2, -0.15) is 5.10 Å². The average Bonchev–Trinajstić information content (AvgIpc) is 2.83. The summed E-state index contributed by atoms with van der Waals surface area (Å²) < 4.78 is 1.83. The van der Waals surface area contributed by atoms with Crippen LogP contribution in [0.4, 0.5) is 0 Å². The molecular formula is C15H26N4O. The molecule has 1 aliphatic rings. The van der Waals surface area contributed by atoms with Gasteiger partial charge in [-0.3, -0.25) is 9.48 Å². The fourth-order valence-corrected chi connectivity index (χ4v) is 2.61. The molecule has 2 rings (SSSR count). The maximum absolute atomic E-state index is 12.8. The lowest BCUT2D eigenvalue weighted by Crippen LogP contribution is -2.45. The van der Waals surface area contributed by atoms with Gasteiger partial charge in [0.15, 0.2) is 0 Å². The van der Waals surface area contributed by atoms with Crippen molar-refractivity contribution in [1.29, 1.82) is 0 Å². The first-order valence-corrected chi connectivity index (χ1v) is 7.79. The van der Waals surface area contributed by atoms with Crippen molar-refractivity contribution < 1.29 is 4.79 Å². The normalized spacial score (nSPS) is 15.2. The summed E-state index contributed by atoms with van der Waals surface area (Å²) in [5, 5.41) is 4.48. The van der Waals surface area contributed by atoms with Gasteiger partial charge in [-0.1, -0.05) is 6.92 Å². The summed E-state index contributed by atoms with van der Waals surface area (Å²) in [7, 11) is 0. The number of amides is 1. The summed E-state index contributed by atoms with van der Waals surface area (Å²) in [5.41, 5.74) is 7.32. The molecule has 0 atom stereocenters. The number of aromatic nitrogens is 2. The minimum absolute atomic E-state index is 0.122. The topological polar surface area (TPSA) is 64.2 Å². The fourth-order valence-electron chi connectivity index (χ4n) is 2.61. The van der Waals surface area contributed by atoms with Gasteiger partial charge in [-0.25, -0.2) is 0 Å². The Morgan fingerprint density at radius 3 is 2.75 bits per heavy atom. The molecule has 0 aromatic carbocycles. The van der Waals surface area contributed by atoms with Gasteiger partial charge < -0.3 is 10.6 Å². The highest BCUT2D eigenvalue weighted by Gasteiger charge is 2.30. The van der Waals surface area contributed by atoms with Crippen molar-refractivity contribution in [2.75, 3.05) is 13.1 Å². The molecule has 0 spiro atoms. The summed E-state index contributed by atoms with van der Waals surface area (Å²) in [6.07, 6.45) is 5.20. The molecule has 1 aliphatic carbocycles. The van der Waals surface area contributed by atoms with Gasteiger partial charge in [0.1, 0.15) is 5.69 Å². The smallest absolute Gasteiger partial charge is 0.272 e. The van der Waals surface area contributed by atoms with Crippen molar-refractivity contribution in [3.05, 3.63) is 17.5 Å². The van der Waals surface area contributed by atoms with E-state index in [1.807, 2.05) is 22.6 Å². The van der Waals surface area contributed by atoms with Crippen LogP contribution in [0.3, 0.4) is 0 Å². The van der Waals surface area contributed by atoms with Crippen molar-refractivity contribution in [3.63, 3.8) is 0 Å². The molecule has 5 nitrogen and oxygen atoms in total. The number of carbonyl (C=O) groups is 1. The largest absolute Gasteiger partial charge is 0.334 e. The van der Waals surface area contributed by atoms with Crippen LogP contribution >= 0.6 is 0 Å². The standard InChI is InChI=1S/C15H26N4O/c1-3-12-11-14(19(4-2)17-12)15(20)18(10-6-9-16)13-7-5-8-13/h11,13H,3-10,16H2,1-2H3. The highest BCUT2D eigenvalue weighted by molar-refractivity contribution is 5.93. The van der Waals surface area contributed by atoms with E-state index in [4.69, 9.17) is 5.73 Å². The Morgan fingerprint density at radius 2 is 2.25 bits per heavy atom. The van der Waals surface area contributed by atoms with Crippen LogP contribution in [0.2, 0.25) is 0 Å². The lowest BCUT2D eigenvalue weighted by Gasteiger charge is -2.37. The Labute approximate surface area is 121 Å². The number of aryl methyl sites for hydroxylation is 2. The number of nitrogens with zero attached hydrogens (tertiary/aromatic N) is 3. The third kappa shape index (κ3) is 3.03. The molecule has 1 saturated carbocycles. The number of nitrogens with two attached hydrogens (primary N) is 1. The van der Waals surface area contributed by atoms with E-state index in [0.29, 0.717) is 12.6 Å². The second kappa shape index (κ2) is 6.88. The minimum Gasteiger partial charge on any atom is -0.334 e. The Morgan fingerprint density at radius 1 is 1.50 bits per heavy atom. The second-order valence-corrected chi connectivity index (χ2v) is 5.42. The zero-order valence-corrected chi connectivity index (χ0v) is 12.6. The van der Waals surface area contributed by atoms with Crippen molar-refractivity contribution in [2.45, 2.75) is 58.5 Å². The SMILES string of the molecule is CCc1cc(C(=O)N(CCCN)C2CCC2)n(CC)n1. The van der Waals surface area contributed by atoms with Gasteiger partial charge in [-0.05, 0) is 51.6 Å². The zero-order valence-electron chi connectivity index (χ0n) is 12.6. The molecule has 0 saturated heterocycles. The van der Waals surface area contributed by atoms with Crippen molar-refractivity contribution >= 4 is 5.91 Å². The first-order chi connectivity index (χ1) is 9.71. The van der Waals surface area contributed by atoms with Crippen LogP contribution in [-0.4, -0.2) is 39.7 Å². The number of rotatable bonds is 7. The highest BCUT2D eigenvalue weighted by Crippen LogP contribution is 2.26. The van der Waals surface area contributed by atoms with Gasteiger partial charge in [0.2, 0.25) is 0 Å². The second-order valence-electron chi connectivity index (χ2n) is 5.42. The maximum Gasteiger partial charge on any atom is 0.272 e. The molecule has 2 N–H and O–H groups in total. The van der Waals surface area contributed by atoms with E-state index in [1.54, 1.807) is 0 Å². The van der Waals surface area contributed by atoms with Crippen LogP contribution in [-0.2, 0) is 13.0 Å². The van der Waals surface area contributed by atoms with Crippen LogP contribution in [0.15, 0.2) is 6.07 Å². The van der Waals surface area contributed by atoms with Gasteiger partial charge >= 0.3 is 0 Å². The number of hydrogen-bond donors (Lipinski definition) is 1. The molecule has 0 aliphatic heterocycles. The van der Waals surface area contributed by atoms with Gasteiger partial charge in [0, 0.05) is 19.1 Å². The Hall–Kier alpha value is -1.36. The highest BCUT2D eigenvalue weighted by atomic mass is 16.2. The lowest BCUT2D eigenvalue weighted by molar-refractivity contribution is 0.0566. The van der Waals surface area contributed by atoms with Crippen LogP contribution in [0.25, 0.3) is 0 Å². The van der Waals surface area contributed by atoms with Crippen molar-refractivity contribution in [3.8, 4) is 0 Å². The summed E-state index contributed by atoms with van der Waals surface area (Å²) in [5.74, 6) is 0.122. The van der Waals surface area contributed by atoms with E-state index in [0.717, 1.165) is 50.2 Å². The molecule has 1 aromatic heterocycles. The van der Waals surface area contributed by atoms with E-state index >= 15 is 0 Å². The Kier molecular flexibility index (Phi) is 5.17. The molecule has 1 amide bonds. The summed E-state index contributed by atoms with van der Waals surface area (Å²) >= 11 is 0. The average molecular weight is 278 g/mol. The molecule has 0 bridgehead atoms. The summed E-state index contributed by atoms with van der Waals surface area (Å²) in [6.45, 7) is 6.21. The van der Waals surface area contributed by atoms with E-state index in [1.165, 1.54) is 6.42 Å².